The fourth-order valence-electron chi connectivity index (χ4n) is 3.19. The van der Waals surface area contributed by atoms with E-state index in [-0.39, 0.29) is 5.56 Å². The zero-order chi connectivity index (χ0) is 18.0. The number of fused-ring (bicyclic) bond motifs is 1. The quantitative estimate of drug-likeness (QED) is 0.684. The standard InChI is InChI=1S/C19H20BrNO3S/c1-2-3-4-5-13-10-16(22)21-15(19(23)24)11-25-18(21)17(13)12-6-8-14(20)9-7-12/h6-10,15H,2-5,11H2,1H3,(H,23,24)/t15-/m0/s1. The number of pyridine rings is 1. The van der Waals surface area contributed by atoms with Crippen molar-refractivity contribution in [2.24, 2.45) is 0 Å². The van der Waals surface area contributed by atoms with E-state index in [2.05, 4.69) is 22.9 Å². The lowest BCUT2D eigenvalue weighted by Gasteiger charge is -2.17. The van der Waals surface area contributed by atoms with Crippen LogP contribution in [0, 0.1) is 0 Å². The van der Waals surface area contributed by atoms with Crippen molar-refractivity contribution in [3.05, 3.63) is 50.7 Å². The SMILES string of the molecule is CCCCCc1cc(=O)n2c(c1-c1ccc(Br)cc1)SC[C@H]2C(=O)O. The largest absolute Gasteiger partial charge is 0.480 e. The van der Waals surface area contributed by atoms with E-state index in [4.69, 9.17) is 0 Å². The summed E-state index contributed by atoms with van der Waals surface area (Å²) >= 11 is 4.92. The van der Waals surface area contributed by atoms with Crippen LogP contribution >= 0.6 is 27.7 Å². The van der Waals surface area contributed by atoms with Gasteiger partial charge in [-0.05, 0) is 36.1 Å². The van der Waals surface area contributed by atoms with E-state index in [1.54, 1.807) is 6.07 Å². The highest BCUT2D eigenvalue weighted by molar-refractivity contribution is 9.10. The third-order valence-corrected chi connectivity index (χ3v) is 6.13. The second-order valence-corrected chi connectivity index (χ2v) is 8.11. The van der Waals surface area contributed by atoms with Gasteiger partial charge in [-0.2, -0.15) is 0 Å². The van der Waals surface area contributed by atoms with Crippen molar-refractivity contribution < 1.29 is 9.90 Å². The summed E-state index contributed by atoms with van der Waals surface area (Å²) in [7, 11) is 0. The van der Waals surface area contributed by atoms with Gasteiger partial charge in [-0.3, -0.25) is 9.36 Å². The molecule has 1 aliphatic heterocycles. The molecule has 132 valence electrons. The number of benzene rings is 1. The molecule has 2 heterocycles. The van der Waals surface area contributed by atoms with Gasteiger partial charge in [0.15, 0.2) is 0 Å². The summed E-state index contributed by atoms with van der Waals surface area (Å²) in [4.78, 5) is 24.1. The number of halogens is 1. The Bertz CT molecular complexity index is 845. The van der Waals surface area contributed by atoms with Crippen LogP contribution in [0.15, 0.2) is 44.6 Å². The van der Waals surface area contributed by atoms with Gasteiger partial charge in [0, 0.05) is 21.9 Å². The lowest BCUT2D eigenvalue weighted by atomic mass is 9.97. The summed E-state index contributed by atoms with van der Waals surface area (Å²) in [5.74, 6) is -0.555. The number of aliphatic carboxylic acids is 1. The molecule has 0 aliphatic carbocycles. The number of hydrogen-bond acceptors (Lipinski definition) is 3. The van der Waals surface area contributed by atoms with Crippen LogP contribution in [0.2, 0.25) is 0 Å². The van der Waals surface area contributed by atoms with Crippen molar-refractivity contribution >= 4 is 33.7 Å². The first-order chi connectivity index (χ1) is 12.0. The number of aromatic nitrogens is 1. The molecule has 4 nitrogen and oxygen atoms in total. The minimum absolute atomic E-state index is 0.209. The first kappa shape index (κ1) is 18.3. The van der Waals surface area contributed by atoms with Gasteiger partial charge >= 0.3 is 5.97 Å². The van der Waals surface area contributed by atoms with Gasteiger partial charge in [-0.1, -0.05) is 47.8 Å². The summed E-state index contributed by atoms with van der Waals surface area (Å²) < 4.78 is 2.44. The van der Waals surface area contributed by atoms with Crippen molar-refractivity contribution in [2.75, 3.05) is 5.75 Å². The molecule has 1 aromatic carbocycles. The third-order valence-electron chi connectivity index (χ3n) is 4.45. The zero-order valence-electron chi connectivity index (χ0n) is 14.0. The van der Waals surface area contributed by atoms with E-state index < -0.39 is 12.0 Å². The number of hydrogen-bond donors (Lipinski definition) is 1. The number of unbranched alkanes of at least 4 members (excludes halogenated alkanes) is 2. The van der Waals surface area contributed by atoms with Crippen molar-refractivity contribution in [1.29, 1.82) is 0 Å². The van der Waals surface area contributed by atoms with Crippen molar-refractivity contribution in [3.63, 3.8) is 0 Å². The maximum Gasteiger partial charge on any atom is 0.327 e. The van der Waals surface area contributed by atoms with Crippen molar-refractivity contribution in [3.8, 4) is 11.1 Å². The van der Waals surface area contributed by atoms with Crippen LogP contribution in [0.5, 0.6) is 0 Å². The van der Waals surface area contributed by atoms with Crippen LogP contribution in [0.3, 0.4) is 0 Å². The molecule has 1 aliphatic rings. The van der Waals surface area contributed by atoms with Gasteiger partial charge in [-0.15, -0.1) is 11.8 Å². The van der Waals surface area contributed by atoms with E-state index >= 15 is 0 Å². The van der Waals surface area contributed by atoms with E-state index in [0.29, 0.717) is 5.75 Å². The fraction of sp³-hybridized carbons (Fsp3) is 0.368. The highest BCUT2D eigenvalue weighted by atomic mass is 79.9. The fourth-order valence-corrected chi connectivity index (χ4v) is 4.81. The molecule has 0 amide bonds. The second-order valence-electron chi connectivity index (χ2n) is 6.19. The third kappa shape index (κ3) is 3.70. The maximum atomic E-state index is 12.6. The highest BCUT2D eigenvalue weighted by Crippen LogP contribution is 2.41. The van der Waals surface area contributed by atoms with Crippen LogP contribution in [0.4, 0.5) is 0 Å². The summed E-state index contributed by atoms with van der Waals surface area (Å²) in [6.07, 6.45) is 4.09. The van der Waals surface area contributed by atoms with Crippen molar-refractivity contribution in [1.82, 2.24) is 4.57 Å². The molecule has 0 radical (unpaired) electrons. The smallest absolute Gasteiger partial charge is 0.327 e. The Hall–Kier alpha value is -1.53. The minimum atomic E-state index is -0.950. The Labute approximate surface area is 159 Å². The molecule has 0 bridgehead atoms. The average Bonchev–Trinajstić information content (AvgIpc) is 3.02. The number of nitrogens with zero attached hydrogens (tertiary/aromatic N) is 1. The Kier molecular flexibility index (Phi) is 5.69. The molecule has 1 aromatic heterocycles. The molecule has 0 saturated carbocycles. The zero-order valence-corrected chi connectivity index (χ0v) is 16.4. The molecule has 1 atom stereocenters. The van der Waals surface area contributed by atoms with Crippen LogP contribution < -0.4 is 5.56 Å². The molecule has 25 heavy (non-hydrogen) atoms. The predicted molar refractivity (Wildman–Crippen MR) is 104 cm³/mol. The lowest BCUT2D eigenvalue weighted by Crippen LogP contribution is -2.29. The summed E-state index contributed by atoms with van der Waals surface area (Å²) in [6, 6.07) is 8.83. The number of thioether (sulfide) groups is 1. The molecular formula is C19H20BrNO3S. The van der Waals surface area contributed by atoms with E-state index in [9.17, 15) is 14.7 Å². The molecule has 3 rings (SSSR count). The average molecular weight is 422 g/mol. The van der Waals surface area contributed by atoms with Gasteiger partial charge in [0.2, 0.25) is 0 Å². The molecule has 0 spiro atoms. The Morgan fingerprint density at radius 3 is 2.68 bits per heavy atom. The number of aryl methyl sites for hydroxylation is 1. The van der Waals surface area contributed by atoms with Gasteiger partial charge in [0.05, 0.1) is 5.03 Å². The Balaban J connectivity index is 2.16. The van der Waals surface area contributed by atoms with E-state index in [1.165, 1.54) is 16.3 Å². The topological polar surface area (TPSA) is 59.3 Å². The summed E-state index contributed by atoms with van der Waals surface area (Å²) in [5, 5.41) is 10.2. The van der Waals surface area contributed by atoms with Crippen LogP contribution in [0.1, 0.15) is 37.8 Å². The van der Waals surface area contributed by atoms with Crippen LogP contribution in [0.25, 0.3) is 11.1 Å². The first-order valence-electron chi connectivity index (χ1n) is 8.43. The Morgan fingerprint density at radius 1 is 1.32 bits per heavy atom. The normalized spacial score (nSPS) is 16.0. The maximum absolute atomic E-state index is 12.6. The van der Waals surface area contributed by atoms with E-state index in [0.717, 1.165) is 51.9 Å². The predicted octanol–water partition coefficient (Wildman–Crippen LogP) is 4.74. The number of carboxylic acids is 1. The molecule has 6 heteroatoms. The summed E-state index contributed by atoms with van der Waals surface area (Å²) in [5.41, 5.74) is 2.85. The molecule has 0 fully saturated rings. The second kappa shape index (κ2) is 7.79. The number of rotatable bonds is 6. The van der Waals surface area contributed by atoms with Gasteiger partial charge in [0.1, 0.15) is 6.04 Å². The number of carbonyl (C=O) groups is 1. The molecule has 1 N–H and O–H groups in total. The monoisotopic (exact) mass is 421 g/mol. The van der Waals surface area contributed by atoms with Gasteiger partial charge in [-0.25, -0.2) is 4.79 Å². The summed E-state index contributed by atoms with van der Waals surface area (Å²) in [6.45, 7) is 2.15. The molecule has 0 saturated heterocycles. The molecular weight excluding hydrogens is 402 g/mol. The lowest BCUT2D eigenvalue weighted by molar-refractivity contribution is -0.140. The highest BCUT2D eigenvalue weighted by Gasteiger charge is 2.32. The van der Waals surface area contributed by atoms with E-state index in [1.807, 2.05) is 24.3 Å². The van der Waals surface area contributed by atoms with Gasteiger partial charge in [0.25, 0.3) is 5.56 Å². The first-order valence-corrected chi connectivity index (χ1v) is 10.2. The van der Waals surface area contributed by atoms with Crippen molar-refractivity contribution in [2.45, 2.75) is 43.7 Å². The Morgan fingerprint density at radius 2 is 2.04 bits per heavy atom. The van der Waals surface area contributed by atoms with Crippen LogP contribution in [-0.4, -0.2) is 21.4 Å². The van der Waals surface area contributed by atoms with Gasteiger partial charge < -0.3 is 5.11 Å². The minimum Gasteiger partial charge on any atom is -0.480 e. The van der Waals surface area contributed by atoms with Crippen LogP contribution in [-0.2, 0) is 11.2 Å². The number of carboxylic acid groups (broad SMARTS) is 1. The molecule has 0 unspecified atom stereocenters. The molecule has 2 aromatic rings.